The van der Waals surface area contributed by atoms with Crippen molar-refractivity contribution in [2.75, 3.05) is 18.3 Å². The number of carbonyl (C=O) groups excluding carboxylic acids is 3. The third-order valence-corrected chi connectivity index (χ3v) is 4.91. The van der Waals surface area contributed by atoms with E-state index in [1.165, 1.54) is 5.38 Å². The highest BCUT2D eigenvalue weighted by atomic mass is 35.5. The van der Waals surface area contributed by atoms with E-state index in [0.29, 0.717) is 0 Å². The summed E-state index contributed by atoms with van der Waals surface area (Å²) in [5.41, 5.74) is -0.538. The van der Waals surface area contributed by atoms with Crippen LogP contribution in [0.2, 0.25) is 0 Å². The molecule has 0 aromatic carbocycles. The number of halogens is 2. The lowest BCUT2D eigenvalue weighted by molar-refractivity contribution is -0.152. The summed E-state index contributed by atoms with van der Waals surface area (Å²) in [7, 11) is -3.97. The average Bonchev–Trinajstić information content (AvgIpc) is 3.04. The van der Waals surface area contributed by atoms with Crippen molar-refractivity contribution < 1.29 is 36.6 Å². The molecule has 2 unspecified atom stereocenters. The Morgan fingerprint density at radius 3 is 2.74 bits per heavy atom. The van der Waals surface area contributed by atoms with E-state index in [1.54, 1.807) is 0 Å². The number of aromatic nitrogens is 1. The number of β-lactam (4-membered cyclic amide) rings is 1. The first-order valence-corrected chi connectivity index (χ1v) is 9.59. The molecule has 16 heteroatoms. The summed E-state index contributed by atoms with van der Waals surface area (Å²) in [6, 6.07) is -1.85. The molecular weight excluding hydrogens is 433 g/mol. The number of rotatable bonds is 7. The van der Waals surface area contributed by atoms with E-state index in [1.807, 2.05) is 5.32 Å². The molecule has 1 aliphatic rings. The van der Waals surface area contributed by atoms with Gasteiger partial charge in [-0.3, -0.25) is 18.9 Å². The Morgan fingerprint density at radius 2 is 2.22 bits per heavy atom. The van der Waals surface area contributed by atoms with Crippen LogP contribution in [0, 0.1) is 0 Å². The van der Waals surface area contributed by atoms with Gasteiger partial charge in [0.25, 0.3) is 11.8 Å². The molecule has 0 bridgehead atoms. The molecule has 1 aliphatic heterocycles. The first-order chi connectivity index (χ1) is 12.6. The number of carbonyl (C=O) groups is 3. The van der Waals surface area contributed by atoms with Crippen LogP contribution < -0.4 is 10.6 Å². The second-order valence-electron chi connectivity index (χ2n) is 4.78. The van der Waals surface area contributed by atoms with Gasteiger partial charge in [0.05, 0.1) is 0 Å². The normalized spacial score (nSPS) is 20.1. The summed E-state index contributed by atoms with van der Waals surface area (Å²) in [5.74, 6) is -3.34. The molecule has 0 aliphatic carbocycles. The van der Waals surface area contributed by atoms with Crippen LogP contribution in [0.1, 0.15) is 5.69 Å². The molecule has 12 nitrogen and oxygen atoms in total. The number of hydrogen-bond acceptors (Lipinski definition) is 9. The maximum atomic E-state index is 13.8. The summed E-state index contributed by atoms with van der Waals surface area (Å²) in [5, 5.41) is 9.11. The van der Waals surface area contributed by atoms with Crippen molar-refractivity contribution in [3.8, 4) is 0 Å². The van der Waals surface area contributed by atoms with Crippen LogP contribution in [0.25, 0.3) is 0 Å². The fourth-order valence-corrected chi connectivity index (χ4v) is 3.39. The highest BCUT2D eigenvalue weighted by Crippen LogP contribution is 2.24. The lowest BCUT2D eigenvalue weighted by Crippen LogP contribution is -2.70. The summed E-state index contributed by atoms with van der Waals surface area (Å²) >= 11 is 6.28. The number of nitrogens with one attached hydrogen (secondary N) is 2. The minimum atomic E-state index is -5.09. The number of alkyl halides is 2. The van der Waals surface area contributed by atoms with Gasteiger partial charge in [-0.15, -0.1) is 22.9 Å². The quantitative estimate of drug-likeness (QED) is 0.122. The Kier molecular flexibility index (Phi) is 6.30. The summed E-state index contributed by atoms with van der Waals surface area (Å²) < 4.78 is 43.8. The van der Waals surface area contributed by atoms with Gasteiger partial charge in [-0.25, -0.2) is 9.37 Å². The zero-order valence-corrected chi connectivity index (χ0v) is 15.6. The molecule has 0 spiro atoms. The maximum Gasteiger partial charge on any atom is 0.364 e. The second-order valence-corrected chi connectivity index (χ2v) is 7.19. The average molecular weight is 444 g/mol. The molecule has 1 aromatic rings. The van der Waals surface area contributed by atoms with Gasteiger partial charge in [-0.05, 0) is 0 Å². The van der Waals surface area contributed by atoms with Crippen molar-refractivity contribution in [3.05, 3.63) is 11.1 Å². The lowest BCUT2D eigenvalue weighted by Gasteiger charge is -2.38. The molecule has 0 radical (unpaired) electrons. The van der Waals surface area contributed by atoms with Crippen LogP contribution in [-0.2, 0) is 29.5 Å². The predicted molar refractivity (Wildman–Crippen MR) is 90.2 cm³/mol. The smallest absolute Gasteiger partial charge is 0.364 e. The highest BCUT2D eigenvalue weighted by Gasteiger charge is 2.55. The van der Waals surface area contributed by atoms with Crippen molar-refractivity contribution in [1.82, 2.24) is 14.6 Å². The van der Waals surface area contributed by atoms with Crippen molar-refractivity contribution in [1.29, 1.82) is 0 Å². The lowest BCUT2D eigenvalue weighted by atomic mass is 10.1. The maximum absolute atomic E-state index is 13.8. The van der Waals surface area contributed by atoms with Crippen molar-refractivity contribution in [3.63, 3.8) is 0 Å². The van der Waals surface area contributed by atoms with Gasteiger partial charge in [0, 0.05) is 5.38 Å². The minimum Gasteiger partial charge on any atom is -0.398 e. The van der Waals surface area contributed by atoms with E-state index >= 15 is 0 Å². The van der Waals surface area contributed by atoms with Gasteiger partial charge in [-0.1, -0.05) is 5.16 Å². The minimum absolute atomic E-state index is 0.0713. The molecule has 148 valence electrons. The molecule has 3 N–H and O–H groups in total. The Hall–Kier alpha value is -2.36. The SMILES string of the molecule is CON=C(C(=O)NC1C(=O)N(S(=O)(=O)O)C1F)c1csc(NC(=O)CCl)n1. The van der Waals surface area contributed by atoms with Gasteiger partial charge in [0.2, 0.25) is 12.2 Å². The number of thiazole rings is 1. The number of anilines is 1. The van der Waals surface area contributed by atoms with Crippen molar-refractivity contribution in [2.24, 2.45) is 5.16 Å². The van der Waals surface area contributed by atoms with E-state index in [0.717, 1.165) is 18.4 Å². The topological polar surface area (TPSA) is 167 Å². The molecule has 2 rings (SSSR count). The molecule has 27 heavy (non-hydrogen) atoms. The van der Waals surface area contributed by atoms with Crippen molar-refractivity contribution in [2.45, 2.75) is 12.3 Å². The second kappa shape index (κ2) is 8.12. The Morgan fingerprint density at radius 1 is 1.56 bits per heavy atom. The van der Waals surface area contributed by atoms with Gasteiger partial charge in [0.15, 0.2) is 16.9 Å². The van der Waals surface area contributed by atoms with Crippen LogP contribution in [0.3, 0.4) is 0 Å². The zero-order chi connectivity index (χ0) is 20.4. The third-order valence-electron chi connectivity index (χ3n) is 3.03. The van der Waals surface area contributed by atoms with Gasteiger partial charge in [0.1, 0.15) is 18.7 Å². The molecular formula is C11H11ClFN5O7S2. The monoisotopic (exact) mass is 443 g/mol. The van der Waals surface area contributed by atoms with E-state index in [4.69, 9.17) is 16.2 Å². The number of oxime groups is 1. The summed E-state index contributed by atoms with van der Waals surface area (Å²) in [6.45, 7) is 0. The molecule has 1 aromatic heterocycles. The molecule has 2 atom stereocenters. The van der Waals surface area contributed by atoms with E-state index in [-0.39, 0.29) is 16.7 Å². The first-order valence-electron chi connectivity index (χ1n) is 6.78. The fourth-order valence-electron chi connectivity index (χ4n) is 1.90. The summed E-state index contributed by atoms with van der Waals surface area (Å²) in [6.07, 6.45) is -2.49. The summed E-state index contributed by atoms with van der Waals surface area (Å²) in [4.78, 5) is 43.5. The van der Waals surface area contributed by atoms with E-state index in [2.05, 4.69) is 20.3 Å². The molecule has 2 heterocycles. The molecule has 1 fully saturated rings. The van der Waals surface area contributed by atoms with Crippen molar-refractivity contribution >= 4 is 61.8 Å². The Bertz CT molecular complexity index is 905. The van der Waals surface area contributed by atoms with Gasteiger partial charge in [-0.2, -0.15) is 12.7 Å². The van der Waals surface area contributed by atoms with Crippen LogP contribution in [0.5, 0.6) is 0 Å². The van der Waals surface area contributed by atoms with E-state index < -0.39 is 50.4 Å². The highest BCUT2D eigenvalue weighted by molar-refractivity contribution is 7.84. The van der Waals surface area contributed by atoms with Gasteiger partial charge >= 0.3 is 10.3 Å². The predicted octanol–water partition coefficient (Wildman–Crippen LogP) is -0.904. The first kappa shape index (κ1) is 20.9. The van der Waals surface area contributed by atoms with E-state index in [9.17, 15) is 27.2 Å². The van der Waals surface area contributed by atoms with Crippen LogP contribution >= 0.6 is 22.9 Å². The largest absolute Gasteiger partial charge is 0.398 e. The third kappa shape index (κ3) is 4.49. The van der Waals surface area contributed by atoms with Crippen LogP contribution in [0.15, 0.2) is 10.5 Å². The molecule has 0 saturated carbocycles. The van der Waals surface area contributed by atoms with Crippen LogP contribution in [0.4, 0.5) is 9.52 Å². The number of nitrogens with zero attached hydrogens (tertiary/aromatic N) is 3. The molecule has 3 amide bonds. The van der Waals surface area contributed by atoms with Crippen LogP contribution in [-0.4, -0.2) is 71.0 Å². The fraction of sp³-hybridized carbons (Fsp3) is 0.364. The molecule has 1 saturated heterocycles. The van der Waals surface area contributed by atoms with Gasteiger partial charge < -0.3 is 15.5 Å². The number of amides is 3. The standard InChI is InChI=1S/C11H11ClFN5O7S2/c1-25-17-6(4-3-26-11(14-4)15-5(19)2-12)9(20)16-7-8(13)18(10(7)21)27(22,23)24/h3,7-8H,2H2,1H3,(H,16,20)(H,14,15,19)(H,22,23,24). The Labute approximate surface area is 160 Å². The Balaban J connectivity index is 2.14. The zero-order valence-electron chi connectivity index (χ0n) is 13.2. The number of hydrogen-bond donors (Lipinski definition) is 3.